The molecule has 0 saturated carbocycles. The number of rotatable bonds is 7. The minimum Gasteiger partial charge on any atom is -0.334 e. The summed E-state index contributed by atoms with van der Waals surface area (Å²) in [5.41, 5.74) is 2.56. The van der Waals surface area contributed by atoms with Gasteiger partial charge in [0.25, 0.3) is 5.91 Å². The van der Waals surface area contributed by atoms with Gasteiger partial charge in [-0.3, -0.25) is 19.3 Å². The summed E-state index contributed by atoms with van der Waals surface area (Å²) >= 11 is 0. The monoisotopic (exact) mass is 364 g/mol. The van der Waals surface area contributed by atoms with Crippen molar-refractivity contribution in [1.29, 1.82) is 0 Å². The van der Waals surface area contributed by atoms with Gasteiger partial charge in [0.15, 0.2) is 0 Å². The molecule has 5 nitrogen and oxygen atoms in total. The van der Waals surface area contributed by atoms with Gasteiger partial charge >= 0.3 is 0 Å². The zero-order valence-corrected chi connectivity index (χ0v) is 15.6. The van der Waals surface area contributed by atoms with Gasteiger partial charge < -0.3 is 4.90 Å². The summed E-state index contributed by atoms with van der Waals surface area (Å²) in [5, 5.41) is 0. The molecule has 0 radical (unpaired) electrons. The molecule has 0 N–H and O–H groups in total. The van der Waals surface area contributed by atoms with Crippen molar-refractivity contribution in [3.8, 4) is 0 Å². The van der Waals surface area contributed by atoms with Crippen molar-refractivity contribution in [2.24, 2.45) is 0 Å². The Kier molecular flexibility index (Phi) is 6.01. The lowest BCUT2D eigenvalue weighted by molar-refractivity contribution is -0.139. The van der Waals surface area contributed by atoms with Crippen LogP contribution in [0.5, 0.6) is 0 Å². The molecular formula is C22H24N2O3. The first kappa shape index (κ1) is 18.8. The first-order valence-electron chi connectivity index (χ1n) is 9.34. The number of imide groups is 1. The van der Waals surface area contributed by atoms with Crippen LogP contribution in [-0.4, -0.2) is 34.1 Å². The molecule has 140 valence electrons. The van der Waals surface area contributed by atoms with Crippen LogP contribution >= 0.6 is 0 Å². The van der Waals surface area contributed by atoms with E-state index in [9.17, 15) is 14.4 Å². The van der Waals surface area contributed by atoms with E-state index in [0.29, 0.717) is 31.5 Å². The van der Waals surface area contributed by atoms with Gasteiger partial charge in [-0.1, -0.05) is 49.4 Å². The van der Waals surface area contributed by atoms with Crippen LogP contribution in [0.4, 0.5) is 0 Å². The van der Waals surface area contributed by atoms with Crippen molar-refractivity contribution >= 4 is 17.7 Å². The van der Waals surface area contributed by atoms with Crippen LogP contribution in [0.3, 0.4) is 0 Å². The van der Waals surface area contributed by atoms with Gasteiger partial charge in [-0.25, -0.2) is 0 Å². The van der Waals surface area contributed by atoms with E-state index in [2.05, 4.69) is 6.92 Å². The van der Waals surface area contributed by atoms with E-state index in [4.69, 9.17) is 0 Å². The van der Waals surface area contributed by atoms with Gasteiger partial charge in [0.2, 0.25) is 11.8 Å². The molecule has 0 bridgehead atoms. The molecule has 0 unspecified atom stereocenters. The summed E-state index contributed by atoms with van der Waals surface area (Å²) in [6, 6.07) is 17.1. The van der Waals surface area contributed by atoms with E-state index in [1.54, 1.807) is 12.1 Å². The topological polar surface area (TPSA) is 57.7 Å². The van der Waals surface area contributed by atoms with E-state index in [0.717, 1.165) is 17.5 Å². The molecule has 5 heteroatoms. The fraction of sp³-hybridized carbons (Fsp3) is 0.318. The van der Waals surface area contributed by atoms with Gasteiger partial charge in [-0.15, -0.1) is 0 Å². The Labute approximate surface area is 159 Å². The van der Waals surface area contributed by atoms with Gasteiger partial charge in [0.1, 0.15) is 0 Å². The summed E-state index contributed by atoms with van der Waals surface area (Å²) in [6.45, 7) is 3.59. The maximum atomic E-state index is 12.9. The normalized spacial score (nSPS) is 13.9. The highest BCUT2D eigenvalue weighted by atomic mass is 16.2. The summed E-state index contributed by atoms with van der Waals surface area (Å²) in [5.74, 6) is -0.269. The average molecular weight is 364 g/mol. The second-order valence-corrected chi connectivity index (χ2v) is 6.78. The number of hydrogen-bond acceptors (Lipinski definition) is 3. The Hall–Kier alpha value is -2.95. The summed E-state index contributed by atoms with van der Waals surface area (Å²) in [4.78, 5) is 39.5. The maximum absolute atomic E-state index is 12.9. The molecule has 2 aromatic carbocycles. The van der Waals surface area contributed by atoms with E-state index >= 15 is 0 Å². The molecule has 1 saturated heterocycles. The minimum absolute atomic E-state index is 0.0134. The number of nitrogens with zero attached hydrogens (tertiary/aromatic N) is 2. The Morgan fingerprint density at radius 3 is 2.15 bits per heavy atom. The van der Waals surface area contributed by atoms with E-state index in [1.165, 1.54) is 4.90 Å². The van der Waals surface area contributed by atoms with Crippen molar-refractivity contribution in [2.75, 3.05) is 6.54 Å². The third kappa shape index (κ3) is 4.61. The molecule has 1 aliphatic rings. The molecule has 0 spiro atoms. The second-order valence-electron chi connectivity index (χ2n) is 6.78. The number of amides is 3. The largest absolute Gasteiger partial charge is 0.334 e. The summed E-state index contributed by atoms with van der Waals surface area (Å²) in [6.07, 6.45) is 1.47. The van der Waals surface area contributed by atoms with Crippen LogP contribution in [0.1, 0.15) is 47.7 Å². The predicted molar refractivity (Wildman–Crippen MR) is 103 cm³/mol. The number of carbonyl (C=O) groups is 3. The van der Waals surface area contributed by atoms with E-state index in [1.807, 2.05) is 47.4 Å². The Balaban J connectivity index is 1.69. The lowest BCUT2D eigenvalue weighted by Gasteiger charge is -2.22. The molecule has 3 amide bonds. The fourth-order valence-corrected chi connectivity index (χ4v) is 3.24. The van der Waals surface area contributed by atoms with Crippen LogP contribution in [-0.2, 0) is 22.7 Å². The van der Waals surface area contributed by atoms with Gasteiger partial charge in [-0.05, 0) is 29.7 Å². The quantitative estimate of drug-likeness (QED) is 0.708. The molecular weight excluding hydrogens is 340 g/mol. The van der Waals surface area contributed by atoms with Crippen molar-refractivity contribution < 1.29 is 14.4 Å². The summed E-state index contributed by atoms with van der Waals surface area (Å²) < 4.78 is 0. The number of likely N-dealkylation sites (tertiary alicyclic amines) is 1. The lowest BCUT2D eigenvalue weighted by Crippen LogP contribution is -2.31. The van der Waals surface area contributed by atoms with Crippen molar-refractivity contribution in [3.05, 3.63) is 71.3 Å². The maximum Gasteiger partial charge on any atom is 0.254 e. The van der Waals surface area contributed by atoms with Gasteiger partial charge in [-0.2, -0.15) is 0 Å². The third-order valence-electron chi connectivity index (χ3n) is 4.69. The standard InChI is InChI=1S/C22H24N2O3/c1-2-14-23(15-17-6-4-3-5-7-17)22(27)19-10-8-18(9-11-19)16-24-20(25)12-13-21(24)26/h3-11H,2,12-16H2,1H3. The second kappa shape index (κ2) is 8.62. The smallest absolute Gasteiger partial charge is 0.254 e. The molecule has 3 rings (SSSR count). The van der Waals surface area contributed by atoms with Crippen molar-refractivity contribution in [2.45, 2.75) is 39.3 Å². The number of hydrogen-bond donors (Lipinski definition) is 0. The van der Waals surface area contributed by atoms with Crippen LogP contribution < -0.4 is 0 Å². The number of carbonyl (C=O) groups excluding carboxylic acids is 3. The zero-order valence-electron chi connectivity index (χ0n) is 15.6. The third-order valence-corrected chi connectivity index (χ3v) is 4.69. The number of benzene rings is 2. The Morgan fingerprint density at radius 1 is 0.926 bits per heavy atom. The van der Waals surface area contributed by atoms with Crippen molar-refractivity contribution in [3.63, 3.8) is 0 Å². The van der Waals surface area contributed by atoms with E-state index in [-0.39, 0.29) is 24.3 Å². The molecule has 2 aromatic rings. The van der Waals surface area contributed by atoms with Gasteiger partial charge in [0, 0.05) is 31.5 Å². The summed E-state index contributed by atoms with van der Waals surface area (Å²) in [7, 11) is 0. The Bertz CT molecular complexity index is 799. The van der Waals surface area contributed by atoms with Crippen LogP contribution in [0.15, 0.2) is 54.6 Å². The predicted octanol–water partition coefficient (Wildman–Crippen LogP) is 3.39. The van der Waals surface area contributed by atoms with Gasteiger partial charge in [0.05, 0.1) is 6.54 Å². The SMILES string of the molecule is CCCN(Cc1ccccc1)C(=O)c1ccc(CN2C(=O)CCC2=O)cc1. The Morgan fingerprint density at radius 2 is 1.56 bits per heavy atom. The first-order chi connectivity index (χ1) is 13.1. The molecule has 1 heterocycles. The molecule has 1 fully saturated rings. The van der Waals surface area contributed by atoms with Crippen LogP contribution in [0.25, 0.3) is 0 Å². The molecule has 0 aliphatic carbocycles. The first-order valence-corrected chi connectivity index (χ1v) is 9.34. The van der Waals surface area contributed by atoms with Crippen LogP contribution in [0.2, 0.25) is 0 Å². The average Bonchev–Trinajstić information content (AvgIpc) is 3.00. The highest BCUT2D eigenvalue weighted by molar-refractivity contribution is 6.01. The molecule has 1 aliphatic heterocycles. The lowest BCUT2D eigenvalue weighted by atomic mass is 10.1. The molecule has 0 aromatic heterocycles. The van der Waals surface area contributed by atoms with Crippen LogP contribution in [0, 0.1) is 0 Å². The van der Waals surface area contributed by atoms with E-state index < -0.39 is 0 Å². The zero-order chi connectivity index (χ0) is 19.2. The van der Waals surface area contributed by atoms with Crippen molar-refractivity contribution in [1.82, 2.24) is 9.80 Å². The highest BCUT2D eigenvalue weighted by Crippen LogP contribution is 2.17. The highest BCUT2D eigenvalue weighted by Gasteiger charge is 2.28. The molecule has 0 atom stereocenters. The fourth-order valence-electron chi connectivity index (χ4n) is 3.24. The minimum atomic E-state index is -0.128. The molecule has 27 heavy (non-hydrogen) atoms.